The van der Waals surface area contributed by atoms with Crippen molar-refractivity contribution in [3.63, 3.8) is 0 Å². The molecular weight excluding hydrogens is 256 g/mol. The fraction of sp³-hybridized carbons (Fsp3) is 1.00. The largest absolute Gasteiger partial charge is 0.390 e. The van der Waals surface area contributed by atoms with Gasteiger partial charge in [-0.05, 0) is 67.6 Å². The van der Waals surface area contributed by atoms with Crippen molar-refractivity contribution in [3.8, 4) is 0 Å². The first-order chi connectivity index (χ1) is 9.67. The second-order valence-electron chi connectivity index (χ2n) is 9.27. The molecule has 0 aliphatic heterocycles. The lowest BCUT2D eigenvalue weighted by Gasteiger charge is -2.61. The molecule has 0 spiro atoms. The minimum absolute atomic E-state index is 0.339. The van der Waals surface area contributed by atoms with Gasteiger partial charge in [0.15, 0.2) is 0 Å². The van der Waals surface area contributed by atoms with Gasteiger partial charge in [0.2, 0.25) is 0 Å². The van der Waals surface area contributed by atoms with E-state index in [1.807, 2.05) is 0 Å². The maximum atomic E-state index is 11.1. The fourth-order valence-corrected chi connectivity index (χ4v) is 6.10. The van der Waals surface area contributed by atoms with E-state index < -0.39 is 5.60 Å². The van der Waals surface area contributed by atoms with Gasteiger partial charge in [-0.1, -0.05) is 53.9 Å². The van der Waals surface area contributed by atoms with Gasteiger partial charge in [-0.15, -0.1) is 0 Å². The van der Waals surface area contributed by atoms with Crippen LogP contribution in [-0.4, -0.2) is 10.7 Å². The van der Waals surface area contributed by atoms with Crippen LogP contribution in [-0.2, 0) is 0 Å². The summed E-state index contributed by atoms with van der Waals surface area (Å²) >= 11 is 0. The molecule has 0 aromatic heterocycles. The first-order valence-corrected chi connectivity index (χ1v) is 9.39. The minimum Gasteiger partial charge on any atom is -0.390 e. The summed E-state index contributed by atoms with van der Waals surface area (Å²) in [5.41, 5.74) is 0.336. The third-order valence-electron chi connectivity index (χ3n) is 7.49. The summed E-state index contributed by atoms with van der Waals surface area (Å²) in [4.78, 5) is 0. The van der Waals surface area contributed by atoms with Crippen molar-refractivity contribution in [2.45, 2.75) is 98.5 Å². The van der Waals surface area contributed by atoms with Gasteiger partial charge in [-0.2, -0.15) is 0 Å². The van der Waals surface area contributed by atoms with Gasteiger partial charge in [-0.25, -0.2) is 0 Å². The number of hydrogen-bond donors (Lipinski definition) is 1. The molecular formula is C20H38O. The fourth-order valence-electron chi connectivity index (χ4n) is 6.10. The highest BCUT2D eigenvalue weighted by atomic mass is 16.3. The predicted molar refractivity (Wildman–Crippen MR) is 91.3 cm³/mol. The first kappa shape index (κ1) is 17.3. The molecule has 0 aromatic rings. The zero-order valence-corrected chi connectivity index (χ0v) is 15.3. The Bertz CT molecular complexity index is 353. The molecule has 2 saturated carbocycles. The first-order valence-electron chi connectivity index (χ1n) is 9.39. The maximum Gasteiger partial charge on any atom is 0.0653 e. The van der Waals surface area contributed by atoms with Gasteiger partial charge < -0.3 is 5.11 Å². The molecule has 0 bridgehead atoms. The zero-order valence-electron chi connectivity index (χ0n) is 15.3. The van der Waals surface area contributed by atoms with Crippen LogP contribution in [0.2, 0.25) is 0 Å². The number of rotatable bonds is 4. The molecule has 2 aliphatic rings. The normalized spacial score (nSPS) is 42.9. The standard InChI is InChI=1S/C20H38O/c1-7-15(8-2)14-17-19(5)12-9-11-18(3,4)16(19)10-13-20(17,6)21/h15-17,21H,7-14H2,1-6H3. The molecule has 0 radical (unpaired) electrons. The van der Waals surface area contributed by atoms with Crippen molar-refractivity contribution in [1.82, 2.24) is 0 Å². The zero-order chi connectivity index (χ0) is 15.9. The van der Waals surface area contributed by atoms with Crippen molar-refractivity contribution < 1.29 is 5.11 Å². The van der Waals surface area contributed by atoms with E-state index in [4.69, 9.17) is 0 Å². The minimum atomic E-state index is -0.457. The Kier molecular flexibility index (Phi) is 4.84. The van der Waals surface area contributed by atoms with Crippen LogP contribution in [0.5, 0.6) is 0 Å². The van der Waals surface area contributed by atoms with Gasteiger partial charge in [0, 0.05) is 0 Å². The topological polar surface area (TPSA) is 20.2 Å². The summed E-state index contributed by atoms with van der Waals surface area (Å²) in [5, 5.41) is 11.1. The van der Waals surface area contributed by atoms with Gasteiger partial charge >= 0.3 is 0 Å². The summed E-state index contributed by atoms with van der Waals surface area (Å²) in [6.07, 6.45) is 9.99. The Hall–Kier alpha value is -0.0400. The molecule has 21 heavy (non-hydrogen) atoms. The van der Waals surface area contributed by atoms with Crippen LogP contribution >= 0.6 is 0 Å². The lowest BCUT2D eigenvalue weighted by atomic mass is 9.44. The van der Waals surface area contributed by atoms with Crippen LogP contribution in [0, 0.1) is 28.6 Å². The van der Waals surface area contributed by atoms with Gasteiger partial charge in [0.25, 0.3) is 0 Å². The van der Waals surface area contributed by atoms with Crippen LogP contribution < -0.4 is 0 Å². The third-order valence-corrected chi connectivity index (χ3v) is 7.49. The van der Waals surface area contributed by atoms with Crippen LogP contribution in [0.15, 0.2) is 0 Å². The molecule has 0 saturated heterocycles. The van der Waals surface area contributed by atoms with Crippen LogP contribution in [0.1, 0.15) is 92.9 Å². The second kappa shape index (κ2) is 5.87. The van der Waals surface area contributed by atoms with Gasteiger partial charge in [0.1, 0.15) is 0 Å². The van der Waals surface area contributed by atoms with Gasteiger partial charge in [0.05, 0.1) is 5.60 Å². The maximum absolute atomic E-state index is 11.1. The van der Waals surface area contributed by atoms with Crippen LogP contribution in [0.25, 0.3) is 0 Å². The van der Waals surface area contributed by atoms with Crippen LogP contribution in [0.4, 0.5) is 0 Å². The molecule has 4 unspecified atom stereocenters. The summed E-state index contributed by atoms with van der Waals surface area (Å²) in [6, 6.07) is 0. The van der Waals surface area contributed by atoms with Crippen molar-refractivity contribution >= 4 is 0 Å². The molecule has 1 nitrogen and oxygen atoms in total. The highest BCUT2D eigenvalue weighted by molar-refractivity contribution is 5.07. The van der Waals surface area contributed by atoms with Crippen molar-refractivity contribution in [1.29, 1.82) is 0 Å². The molecule has 0 aromatic carbocycles. The molecule has 2 fully saturated rings. The average molecular weight is 295 g/mol. The Morgan fingerprint density at radius 2 is 1.62 bits per heavy atom. The predicted octanol–water partition coefficient (Wildman–Crippen LogP) is 5.81. The molecule has 1 heteroatoms. The molecule has 0 heterocycles. The summed E-state index contributed by atoms with van der Waals surface area (Å²) in [7, 11) is 0. The van der Waals surface area contributed by atoms with E-state index in [0.29, 0.717) is 16.7 Å². The highest BCUT2D eigenvalue weighted by Gasteiger charge is 2.57. The molecule has 2 rings (SSSR count). The molecule has 2 aliphatic carbocycles. The monoisotopic (exact) mass is 294 g/mol. The Morgan fingerprint density at radius 3 is 2.19 bits per heavy atom. The van der Waals surface area contributed by atoms with Crippen LogP contribution in [0.3, 0.4) is 0 Å². The van der Waals surface area contributed by atoms with E-state index >= 15 is 0 Å². The molecule has 1 N–H and O–H groups in total. The lowest BCUT2D eigenvalue weighted by molar-refractivity contribution is -0.173. The van der Waals surface area contributed by atoms with Crippen molar-refractivity contribution in [3.05, 3.63) is 0 Å². The van der Waals surface area contributed by atoms with E-state index in [1.165, 1.54) is 44.9 Å². The van der Waals surface area contributed by atoms with Crippen molar-refractivity contribution in [2.24, 2.45) is 28.6 Å². The number of aliphatic hydroxyl groups is 1. The lowest BCUT2D eigenvalue weighted by Crippen LogP contribution is -2.57. The number of hydrogen-bond acceptors (Lipinski definition) is 1. The Morgan fingerprint density at radius 1 is 1.00 bits per heavy atom. The third kappa shape index (κ3) is 3.05. The highest BCUT2D eigenvalue weighted by Crippen LogP contribution is 2.63. The van der Waals surface area contributed by atoms with E-state index in [9.17, 15) is 5.11 Å². The quantitative estimate of drug-likeness (QED) is 0.694. The van der Waals surface area contributed by atoms with E-state index in [2.05, 4.69) is 41.5 Å². The van der Waals surface area contributed by atoms with E-state index in [0.717, 1.165) is 18.3 Å². The molecule has 124 valence electrons. The smallest absolute Gasteiger partial charge is 0.0653 e. The summed E-state index contributed by atoms with van der Waals surface area (Å²) < 4.78 is 0. The number of fused-ring (bicyclic) bond motifs is 1. The van der Waals surface area contributed by atoms with Crippen molar-refractivity contribution in [2.75, 3.05) is 0 Å². The second-order valence-corrected chi connectivity index (χ2v) is 9.27. The van der Waals surface area contributed by atoms with E-state index in [-0.39, 0.29) is 0 Å². The Balaban J connectivity index is 2.32. The summed E-state index contributed by atoms with van der Waals surface area (Å²) in [5.74, 6) is 2.05. The SMILES string of the molecule is CCC(CC)CC1C(C)(O)CCC2C(C)(C)CCCC21C. The Labute approximate surface area is 132 Å². The molecule has 0 amide bonds. The summed E-state index contributed by atoms with van der Waals surface area (Å²) in [6.45, 7) is 14.2. The average Bonchev–Trinajstić information content (AvgIpc) is 2.37. The van der Waals surface area contributed by atoms with E-state index in [1.54, 1.807) is 0 Å². The van der Waals surface area contributed by atoms with Gasteiger partial charge in [-0.3, -0.25) is 0 Å². The molecule has 4 atom stereocenters.